The van der Waals surface area contributed by atoms with Crippen molar-refractivity contribution in [3.63, 3.8) is 0 Å². The van der Waals surface area contributed by atoms with Gasteiger partial charge in [0.05, 0.1) is 9.90 Å². The summed E-state index contributed by atoms with van der Waals surface area (Å²) in [7, 11) is 0. The van der Waals surface area contributed by atoms with E-state index >= 15 is 0 Å². The maximum Gasteiger partial charge on any atom is 0.256 e. The molecule has 0 bridgehead atoms. The van der Waals surface area contributed by atoms with E-state index in [-0.39, 0.29) is 24.4 Å². The zero-order chi connectivity index (χ0) is 13.1. The van der Waals surface area contributed by atoms with Crippen molar-refractivity contribution in [2.45, 2.75) is 31.7 Å². The fourth-order valence-corrected chi connectivity index (χ4v) is 3.85. The van der Waals surface area contributed by atoms with Gasteiger partial charge in [0.15, 0.2) is 0 Å². The minimum Gasteiger partial charge on any atom is -0.336 e. The number of carbonyl (C=O) groups excluding carboxylic acids is 1. The third-order valence-electron chi connectivity index (χ3n) is 3.27. The lowest BCUT2D eigenvalue weighted by molar-refractivity contribution is 0.0606. The van der Waals surface area contributed by atoms with E-state index in [0.29, 0.717) is 20.8 Å². The summed E-state index contributed by atoms with van der Waals surface area (Å²) in [4.78, 5) is 14.4. The van der Waals surface area contributed by atoms with Crippen LogP contribution in [0.2, 0.25) is 8.67 Å². The van der Waals surface area contributed by atoms with Crippen molar-refractivity contribution in [1.82, 2.24) is 4.90 Å². The number of likely N-dealkylation sites (tertiary alicyclic amines) is 1. The van der Waals surface area contributed by atoms with Gasteiger partial charge in [0.1, 0.15) is 4.34 Å². The summed E-state index contributed by atoms with van der Waals surface area (Å²) in [5.74, 6) is -0.0127. The number of amides is 1. The predicted octanol–water partition coefficient (Wildman–Crippen LogP) is 3.82. The van der Waals surface area contributed by atoms with Gasteiger partial charge < -0.3 is 10.6 Å². The minimum absolute atomic E-state index is 0. The van der Waals surface area contributed by atoms with Crippen LogP contribution in [0.15, 0.2) is 6.07 Å². The summed E-state index contributed by atoms with van der Waals surface area (Å²) in [5.41, 5.74) is 6.14. The van der Waals surface area contributed by atoms with Crippen LogP contribution in [0, 0.1) is 0 Å². The number of nitrogens with zero attached hydrogens (tertiary/aromatic N) is 1. The maximum absolute atomic E-state index is 12.5. The number of rotatable bonds is 3. The van der Waals surface area contributed by atoms with Gasteiger partial charge in [0.2, 0.25) is 0 Å². The number of hydrogen-bond acceptors (Lipinski definition) is 3. The Kier molecular flexibility index (Phi) is 6.91. The van der Waals surface area contributed by atoms with Gasteiger partial charge in [-0.25, -0.2) is 0 Å². The van der Waals surface area contributed by atoms with Crippen molar-refractivity contribution in [3.8, 4) is 0 Å². The first kappa shape index (κ1) is 17.1. The molecule has 2 heterocycles. The molecule has 1 aliphatic rings. The Balaban J connectivity index is 0.00000180. The maximum atomic E-state index is 12.5. The summed E-state index contributed by atoms with van der Waals surface area (Å²) in [5, 5.41) is 0. The Labute approximate surface area is 133 Å². The highest BCUT2D eigenvalue weighted by Gasteiger charge is 2.28. The second kappa shape index (κ2) is 7.70. The second-order valence-corrected chi connectivity index (χ2v) is 6.75. The van der Waals surface area contributed by atoms with Crippen molar-refractivity contribution < 1.29 is 4.79 Å². The summed E-state index contributed by atoms with van der Waals surface area (Å²) >= 11 is 13.2. The number of carbonyl (C=O) groups is 1. The molecule has 0 radical (unpaired) electrons. The van der Waals surface area contributed by atoms with Gasteiger partial charge in [-0.3, -0.25) is 4.79 Å². The summed E-state index contributed by atoms with van der Waals surface area (Å²) < 4.78 is 1.03. The third kappa shape index (κ3) is 3.99. The van der Waals surface area contributed by atoms with Crippen LogP contribution in [-0.4, -0.2) is 29.9 Å². The van der Waals surface area contributed by atoms with E-state index in [4.69, 9.17) is 28.9 Å². The van der Waals surface area contributed by atoms with E-state index in [9.17, 15) is 4.79 Å². The molecule has 3 nitrogen and oxygen atoms in total. The van der Waals surface area contributed by atoms with Gasteiger partial charge in [0, 0.05) is 12.6 Å². The predicted molar refractivity (Wildman–Crippen MR) is 83.9 cm³/mol. The smallest absolute Gasteiger partial charge is 0.256 e. The number of halogens is 3. The van der Waals surface area contributed by atoms with Crippen LogP contribution in [0.25, 0.3) is 0 Å². The number of thiophene rings is 1. The molecular weight excluding hydrogens is 327 g/mol. The molecule has 1 amide bonds. The third-order valence-corrected chi connectivity index (χ3v) is 4.76. The molecular formula is C12H17Cl3N2OS. The van der Waals surface area contributed by atoms with Crippen LogP contribution in [0.5, 0.6) is 0 Å². The number of nitrogens with two attached hydrogens (primary N) is 1. The first-order valence-corrected chi connectivity index (χ1v) is 7.66. The monoisotopic (exact) mass is 342 g/mol. The molecule has 0 aromatic carbocycles. The lowest BCUT2D eigenvalue weighted by atomic mass is 9.98. The summed E-state index contributed by atoms with van der Waals surface area (Å²) in [6.07, 6.45) is 4.08. The minimum atomic E-state index is -0.0127. The van der Waals surface area contributed by atoms with Crippen LogP contribution in [-0.2, 0) is 0 Å². The van der Waals surface area contributed by atoms with Gasteiger partial charge in [-0.15, -0.1) is 23.7 Å². The van der Waals surface area contributed by atoms with Crippen LogP contribution in [0.1, 0.15) is 36.0 Å². The van der Waals surface area contributed by atoms with Gasteiger partial charge in [0.25, 0.3) is 5.91 Å². The SMILES string of the molecule is Cl.NCCC1CCCCN1C(=O)c1cc(Cl)sc1Cl. The largest absolute Gasteiger partial charge is 0.336 e. The molecule has 1 unspecified atom stereocenters. The first-order chi connectivity index (χ1) is 8.63. The van der Waals surface area contributed by atoms with Gasteiger partial charge in [-0.05, 0) is 38.3 Å². The Hall–Kier alpha value is -0.0000000000000000555. The van der Waals surface area contributed by atoms with E-state index in [2.05, 4.69) is 0 Å². The Morgan fingerprint density at radius 1 is 1.47 bits per heavy atom. The van der Waals surface area contributed by atoms with Crippen LogP contribution < -0.4 is 5.73 Å². The zero-order valence-corrected chi connectivity index (χ0v) is 13.5. The van der Waals surface area contributed by atoms with Crippen molar-refractivity contribution in [3.05, 3.63) is 20.3 Å². The normalized spacial score (nSPS) is 19.1. The quantitative estimate of drug-likeness (QED) is 0.907. The van der Waals surface area contributed by atoms with Gasteiger partial charge in [-0.2, -0.15) is 0 Å². The van der Waals surface area contributed by atoms with E-state index in [0.717, 1.165) is 32.2 Å². The molecule has 1 saturated heterocycles. The van der Waals surface area contributed by atoms with Gasteiger partial charge in [-0.1, -0.05) is 23.2 Å². The molecule has 108 valence electrons. The molecule has 2 rings (SSSR count). The van der Waals surface area contributed by atoms with E-state index in [1.54, 1.807) is 6.07 Å². The molecule has 1 aliphatic heterocycles. The molecule has 1 aromatic rings. The average Bonchev–Trinajstić information content (AvgIpc) is 2.69. The van der Waals surface area contributed by atoms with Crippen molar-refractivity contribution in [1.29, 1.82) is 0 Å². The molecule has 7 heteroatoms. The molecule has 1 atom stereocenters. The molecule has 0 spiro atoms. The summed E-state index contributed by atoms with van der Waals surface area (Å²) in [6.45, 7) is 1.39. The highest BCUT2D eigenvalue weighted by atomic mass is 35.5. The Morgan fingerprint density at radius 3 is 2.79 bits per heavy atom. The highest BCUT2D eigenvalue weighted by molar-refractivity contribution is 7.20. The van der Waals surface area contributed by atoms with E-state index < -0.39 is 0 Å². The fourth-order valence-electron chi connectivity index (χ4n) is 2.40. The number of piperidine rings is 1. The summed E-state index contributed by atoms with van der Waals surface area (Å²) in [6, 6.07) is 1.90. The Bertz CT molecular complexity index is 437. The van der Waals surface area contributed by atoms with Crippen LogP contribution >= 0.6 is 46.9 Å². The standard InChI is InChI=1S/C12H16Cl2N2OS.ClH/c13-10-7-9(11(14)18-10)12(17)16-6-2-1-3-8(16)4-5-15;/h7-8H,1-6,15H2;1H. The second-order valence-electron chi connectivity index (χ2n) is 4.46. The first-order valence-electron chi connectivity index (χ1n) is 6.09. The number of hydrogen-bond donors (Lipinski definition) is 1. The topological polar surface area (TPSA) is 46.3 Å². The lowest BCUT2D eigenvalue weighted by Gasteiger charge is -2.35. The molecule has 1 fully saturated rings. The zero-order valence-electron chi connectivity index (χ0n) is 10.4. The molecule has 2 N–H and O–H groups in total. The molecule has 1 aromatic heterocycles. The van der Waals surface area contributed by atoms with E-state index in [1.807, 2.05) is 4.90 Å². The van der Waals surface area contributed by atoms with Crippen LogP contribution in [0.3, 0.4) is 0 Å². The van der Waals surface area contributed by atoms with E-state index in [1.165, 1.54) is 11.3 Å². The Morgan fingerprint density at radius 2 is 2.21 bits per heavy atom. The molecule has 0 saturated carbocycles. The fraction of sp³-hybridized carbons (Fsp3) is 0.583. The van der Waals surface area contributed by atoms with Crippen molar-refractivity contribution >= 4 is 52.9 Å². The highest BCUT2D eigenvalue weighted by Crippen LogP contribution is 2.33. The van der Waals surface area contributed by atoms with Crippen molar-refractivity contribution in [2.24, 2.45) is 5.73 Å². The van der Waals surface area contributed by atoms with Crippen molar-refractivity contribution in [2.75, 3.05) is 13.1 Å². The molecule has 19 heavy (non-hydrogen) atoms. The molecule has 0 aliphatic carbocycles. The average molecular weight is 344 g/mol. The lowest BCUT2D eigenvalue weighted by Crippen LogP contribution is -2.44. The van der Waals surface area contributed by atoms with Gasteiger partial charge >= 0.3 is 0 Å². The van der Waals surface area contributed by atoms with Crippen LogP contribution in [0.4, 0.5) is 0 Å².